The van der Waals surface area contributed by atoms with E-state index in [4.69, 9.17) is 9.47 Å². The van der Waals surface area contributed by atoms with Gasteiger partial charge >= 0.3 is 11.9 Å². The van der Waals surface area contributed by atoms with Gasteiger partial charge in [0.05, 0.1) is 13.2 Å². The third-order valence-electron chi connectivity index (χ3n) is 3.74. The van der Waals surface area contributed by atoms with Crippen LogP contribution in [0.3, 0.4) is 0 Å². The monoisotopic (exact) mass is 305 g/mol. The molecule has 0 amide bonds. The summed E-state index contributed by atoms with van der Waals surface area (Å²) in [6.07, 6.45) is 2.22. The first-order valence-corrected chi connectivity index (χ1v) is 7.82. The van der Waals surface area contributed by atoms with Gasteiger partial charge in [-0.2, -0.15) is 0 Å². The van der Waals surface area contributed by atoms with Crippen molar-refractivity contribution in [1.82, 2.24) is 0 Å². The molecule has 2 rings (SSSR count). The fraction of sp³-hybridized carbons (Fsp3) is 0.529. The van der Waals surface area contributed by atoms with Gasteiger partial charge in [0.2, 0.25) is 0 Å². The van der Waals surface area contributed by atoms with Gasteiger partial charge in [-0.15, -0.1) is 0 Å². The molecule has 0 unspecified atom stereocenters. The summed E-state index contributed by atoms with van der Waals surface area (Å²) >= 11 is 0. The van der Waals surface area contributed by atoms with E-state index in [2.05, 4.69) is 13.8 Å². The Bertz CT molecular complexity index is 499. The van der Waals surface area contributed by atoms with E-state index >= 15 is 0 Å². The Hall–Kier alpha value is -2.04. The fourth-order valence-electron chi connectivity index (χ4n) is 2.67. The first-order chi connectivity index (χ1) is 10.7. The number of aryl methyl sites for hydroxylation is 2. The van der Waals surface area contributed by atoms with Crippen LogP contribution in [0, 0.1) is 0 Å². The minimum absolute atomic E-state index is 0.0686. The average molecular weight is 305 g/mol. The second-order valence-electron chi connectivity index (χ2n) is 5.28. The van der Waals surface area contributed by atoms with Crippen molar-refractivity contribution in [1.29, 1.82) is 0 Å². The molecule has 1 aliphatic rings. The van der Waals surface area contributed by atoms with E-state index in [0.717, 1.165) is 29.7 Å². The Morgan fingerprint density at radius 1 is 0.955 bits per heavy atom. The van der Waals surface area contributed by atoms with E-state index < -0.39 is 0 Å². The summed E-state index contributed by atoms with van der Waals surface area (Å²) in [5.74, 6) is -0.606. The molecule has 0 radical (unpaired) electrons. The van der Waals surface area contributed by atoms with Gasteiger partial charge in [0.15, 0.2) is 0 Å². The topological polar surface area (TPSA) is 55.8 Å². The summed E-state index contributed by atoms with van der Waals surface area (Å²) in [5, 5.41) is 0. The molecule has 0 aliphatic carbocycles. The molecule has 1 aromatic rings. The number of benzene rings is 1. The predicted molar refractivity (Wildman–Crippen MR) is 83.9 cm³/mol. The fourth-order valence-corrected chi connectivity index (χ4v) is 2.67. The molecular formula is C17H23NO4. The molecule has 5 nitrogen and oxygen atoms in total. The van der Waals surface area contributed by atoms with Crippen molar-refractivity contribution in [2.75, 3.05) is 31.2 Å². The number of esters is 2. The van der Waals surface area contributed by atoms with Gasteiger partial charge in [-0.3, -0.25) is 9.59 Å². The van der Waals surface area contributed by atoms with Gasteiger partial charge in [-0.05, 0) is 24.0 Å². The highest BCUT2D eigenvalue weighted by atomic mass is 16.5. The summed E-state index contributed by atoms with van der Waals surface area (Å²) < 4.78 is 10.4. The van der Waals surface area contributed by atoms with Crippen LogP contribution in [0.1, 0.15) is 31.4 Å². The van der Waals surface area contributed by atoms with Gasteiger partial charge in [-0.1, -0.05) is 32.0 Å². The lowest BCUT2D eigenvalue weighted by Gasteiger charge is -2.28. The molecule has 0 atom stereocenters. The number of carbonyl (C=O) groups excluding carboxylic acids is 2. The van der Waals surface area contributed by atoms with Crippen molar-refractivity contribution >= 4 is 17.6 Å². The van der Waals surface area contributed by atoms with E-state index in [9.17, 15) is 9.59 Å². The molecule has 1 aliphatic heterocycles. The Labute approximate surface area is 131 Å². The van der Waals surface area contributed by atoms with Crippen molar-refractivity contribution < 1.29 is 19.1 Å². The van der Waals surface area contributed by atoms with Crippen molar-refractivity contribution in [3.05, 3.63) is 29.3 Å². The van der Waals surface area contributed by atoms with Crippen LogP contribution in [-0.4, -0.2) is 38.2 Å². The molecular weight excluding hydrogens is 282 g/mol. The number of carbonyl (C=O) groups is 2. The highest BCUT2D eigenvalue weighted by Gasteiger charge is 2.22. The van der Waals surface area contributed by atoms with Crippen molar-refractivity contribution in [2.24, 2.45) is 0 Å². The lowest BCUT2D eigenvalue weighted by molar-refractivity contribution is -0.146. The zero-order valence-corrected chi connectivity index (χ0v) is 13.3. The summed E-state index contributed by atoms with van der Waals surface area (Å²) in [4.78, 5) is 25.7. The maximum absolute atomic E-state index is 12.0. The Kier molecular flexibility index (Phi) is 5.81. The predicted octanol–water partition coefficient (Wildman–Crippen LogP) is 2.11. The van der Waals surface area contributed by atoms with Crippen LogP contribution >= 0.6 is 0 Å². The zero-order valence-electron chi connectivity index (χ0n) is 13.3. The second kappa shape index (κ2) is 7.82. The summed E-state index contributed by atoms with van der Waals surface area (Å²) in [6, 6.07) is 6.08. The number of nitrogens with zero attached hydrogens (tertiary/aromatic N) is 1. The van der Waals surface area contributed by atoms with E-state index in [0.29, 0.717) is 6.42 Å². The summed E-state index contributed by atoms with van der Waals surface area (Å²) in [7, 11) is 0. The third-order valence-corrected chi connectivity index (χ3v) is 3.74. The third kappa shape index (κ3) is 4.00. The summed E-state index contributed by atoms with van der Waals surface area (Å²) in [6.45, 7) is 4.84. The molecule has 0 N–H and O–H groups in total. The highest BCUT2D eigenvalue weighted by Crippen LogP contribution is 2.27. The molecule has 1 saturated heterocycles. The standard InChI is InChI=1S/C17H23NO4/c1-3-13-7-5-8-14(4-2)17(13)18-11-15(19)21-9-6-10-22-16(20)12-18/h5,7-8H,3-4,6,9-12H2,1-2H3. The molecule has 1 fully saturated rings. The minimum atomic E-state index is -0.303. The number of ether oxygens (including phenoxy) is 2. The summed E-state index contributed by atoms with van der Waals surface area (Å²) in [5.41, 5.74) is 3.20. The Balaban J connectivity index is 2.36. The molecule has 1 aromatic carbocycles. The van der Waals surface area contributed by atoms with Crippen LogP contribution < -0.4 is 4.90 Å². The molecule has 0 saturated carbocycles. The lowest BCUT2D eigenvalue weighted by Crippen LogP contribution is -2.38. The minimum Gasteiger partial charge on any atom is -0.464 e. The number of cyclic esters (lactones) is 2. The number of hydrogen-bond donors (Lipinski definition) is 0. The van der Waals surface area contributed by atoms with E-state index in [1.165, 1.54) is 0 Å². The van der Waals surface area contributed by atoms with E-state index in [1.54, 1.807) is 4.90 Å². The van der Waals surface area contributed by atoms with Crippen LogP contribution in [0.2, 0.25) is 0 Å². The van der Waals surface area contributed by atoms with Crippen LogP contribution in [-0.2, 0) is 31.9 Å². The SMILES string of the molecule is CCc1cccc(CC)c1N1CC(=O)OCCCOC(=O)C1. The van der Waals surface area contributed by atoms with Gasteiger partial charge in [0.25, 0.3) is 0 Å². The Morgan fingerprint density at radius 3 is 1.91 bits per heavy atom. The molecule has 1 heterocycles. The van der Waals surface area contributed by atoms with Gasteiger partial charge in [-0.25, -0.2) is 0 Å². The van der Waals surface area contributed by atoms with Crippen LogP contribution in [0.5, 0.6) is 0 Å². The maximum Gasteiger partial charge on any atom is 0.325 e. The molecule has 5 heteroatoms. The largest absolute Gasteiger partial charge is 0.464 e. The van der Waals surface area contributed by atoms with Crippen LogP contribution in [0.15, 0.2) is 18.2 Å². The van der Waals surface area contributed by atoms with Crippen molar-refractivity contribution in [2.45, 2.75) is 33.1 Å². The smallest absolute Gasteiger partial charge is 0.325 e. The number of hydrogen-bond acceptors (Lipinski definition) is 5. The quantitative estimate of drug-likeness (QED) is 0.801. The first-order valence-electron chi connectivity index (χ1n) is 7.82. The second-order valence-corrected chi connectivity index (χ2v) is 5.28. The van der Waals surface area contributed by atoms with Crippen LogP contribution in [0.25, 0.3) is 0 Å². The Morgan fingerprint density at radius 2 is 1.45 bits per heavy atom. The maximum atomic E-state index is 12.0. The van der Waals surface area contributed by atoms with Gasteiger partial charge in [0, 0.05) is 12.1 Å². The first kappa shape index (κ1) is 16.3. The van der Waals surface area contributed by atoms with E-state index in [1.807, 2.05) is 18.2 Å². The molecule has 22 heavy (non-hydrogen) atoms. The van der Waals surface area contributed by atoms with Gasteiger partial charge < -0.3 is 14.4 Å². The molecule has 0 aromatic heterocycles. The molecule has 0 spiro atoms. The average Bonchev–Trinajstić information content (AvgIpc) is 2.52. The number of rotatable bonds is 3. The normalized spacial score (nSPS) is 16.9. The number of para-hydroxylation sites is 1. The zero-order chi connectivity index (χ0) is 15.9. The lowest BCUT2D eigenvalue weighted by atomic mass is 10.0. The van der Waals surface area contributed by atoms with E-state index in [-0.39, 0.29) is 38.2 Å². The van der Waals surface area contributed by atoms with Crippen molar-refractivity contribution in [3.63, 3.8) is 0 Å². The van der Waals surface area contributed by atoms with Gasteiger partial charge in [0.1, 0.15) is 13.1 Å². The highest BCUT2D eigenvalue weighted by molar-refractivity contribution is 5.83. The van der Waals surface area contributed by atoms with Crippen molar-refractivity contribution in [3.8, 4) is 0 Å². The molecule has 120 valence electrons. The van der Waals surface area contributed by atoms with Crippen LogP contribution in [0.4, 0.5) is 5.69 Å². The number of anilines is 1. The molecule has 0 bridgehead atoms.